The molecule has 150 valence electrons. The van der Waals surface area contributed by atoms with Gasteiger partial charge in [0.05, 0.1) is 4.90 Å². The molecular weight excluding hydrogens is 428 g/mol. The van der Waals surface area contributed by atoms with Gasteiger partial charge in [0, 0.05) is 26.5 Å². The minimum absolute atomic E-state index is 0.0377. The third-order valence-electron chi connectivity index (χ3n) is 4.36. The first-order chi connectivity index (χ1) is 13.6. The molecule has 8 heteroatoms. The van der Waals surface area contributed by atoms with Crippen LogP contribution in [0, 0.1) is 13.8 Å². The second-order valence-electron chi connectivity index (χ2n) is 6.49. The quantitative estimate of drug-likeness (QED) is 0.541. The Balaban J connectivity index is 1.76. The molecule has 1 heterocycles. The van der Waals surface area contributed by atoms with Crippen molar-refractivity contribution in [2.45, 2.75) is 18.7 Å². The zero-order valence-corrected chi connectivity index (χ0v) is 18.2. The van der Waals surface area contributed by atoms with Gasteiger partial charge in [0.15, 0.2) is 0 Å². The van der Waals surface area contributed by atoms with Crippen molar-refractivity contribution in [3.63, 3.8) is 0 Å². The molecule has 0 fully saturated rings. The number of aryl methyl sites for hydroxylation is 1. The highest BCUT2D eigenvalue weighted by molar-refractivity contribution is 7.89. The summed E-state index contributed by atoms with van der Waals surface area (Å²) in [6.45, 7) is 3.57. The van der Waals surface area contributed by atoms with Gasteiger partial charge < -0.3 is 5.32 Å². The fraction of sp³-hybridized carbons (Fsp3) is 0.0952. The van der Waals surface area contributed by atoms with E-state index in [0.717, 1.165) is 26.4 Å². The number of amides is 1. The van der Waals surface area contributed by atoms with Gasteiger partial charge in [0.25, 0.3) is 0 Å². The SMILES string of the molecule is Cc1cc(S(N)(=O)=O)cc(NC(=O)/C=C/c2ccc(-c3cccc(Cl)c3)s2)c1C. The summed E-state index contributed by atoms with van der Waals surface area (Å²) in [6, 6.07) is 14.3. The van der Waals surface area contributed by atoms with Crippen LogP contribution in [-0.2, 0) is 14.8 Å². The summed E-state index contributed by atoms with van der Waals surface area (Å²) >= 11 is 7.57. The Morgan fingerprint density at radius 2 is 1.90 bits per heavy atom. The first-order valence-corrected chi connectivity index (χ1v) is 11.4. The minimum Gasteiger partial charge on any atom is -0.322 e. The Kier molecular flexibility index (Phi) is 6.24. The normalized spacial score (nSPS) is 11.7. The van der Waals surface area contributed by atoms with Crippen LogP contribution in [-0.4, -0.2) is 14.3 Å². The van der Waals surface area contributed by atoms with Gasteiger partial charge in [-0.15, -0.1) is 11.3 Å². The molecule has 3 N–H and O–H groups in total. The summed E-state index contributed by atoms with van der Waals surface area (Å²) in [5.74, 6) is -0.364. The molecule has 0 atom stereocenters. The summed E-state index contributed by atoms with van der Waals surface area (Å²) in [7, 11) is -3.86. The molecule has 3 rings (SSSR count). The van der Waals surface area contributed by atoms with Gasteiger partial charge in [0.1, 0.15) is 0 Å². The fourth-order valence-corrected chi connectivity index (χ4v) is 4.41. The number of hydrogen-bond acceptors (Lipinski definition) is 4. The van der Waals surface area contributed by atoms with Crippen LogP contribution in [0.2, 0.25) is 5.02 Å². The lowest BCUT2D eigenvalue weighted by Crippen LogP contribution is -2.15. The van der Waals surface area contributed by atoms with Crippen LogP contribution in [0.3, 0.4) is 0 Å². The molecule has 3 aromatic rings. The van der Waals surface area contributed by atoms with Crippen LogP contribution in [0.1, 0.15) is 16.0 Å². The molecule has 0 aliphatic carbocycles. The van der Waals surface area contributed by atoms with Crippen molar-refractivity contribution in [1.82, 2.24) is 0 Å². The van der Waals surface area contributed by atoms with Crippen molar-refractivity contribution in [2.75, 3.05) is 5.32 Å². The predicted octanol–water partition coefficient (Wildman–Crippen LogP) is 4.98. The molecule has 1 aromatic heterocycles. The summed E-state index contributed by atoms with van der Waals surface area (Å²) in [5.41, 5.74) is 2.92. The van der Waals surface area contributed by atoms with E-state index in [0.29, 0.717) is 10.7 Å². The highest BCUT2D eigenvalue weighted by atomic mass is 35.5. The number of anilines is 1. The second-order valence-corrected chi connectivity index (χ2v) is 9.61. The molecule has 0 saturated heterocycles. The van der Waals surface area contributed by atoms with Crippen LogP contribution in [0.4, 0.5) is 5.69 Å². The maximum Gasteiger partial charge on any atom is 0.248 e. The Hall–Kier alpha value is -2.45. The highest BCUT2D eigenvalue weighted by Crippen LogP contribution is 2.30. The van der Waals surface area contributed by atoms with Crippen molar-refractivity contribution >= 4 is 50.6 Å². The monoisotopic (exact) mass is 446 g/mol. The molecule has 0 bridgehead atoms. The number of nitrogens with one attached hydrogen (secondary N) is 1. The first-order valence-electron chi connectivity index (χ1n) is 8.62. The maximum absolute atomic E-state index is 12.3. The number of rotatable bonds is 5. The molecule has 2 aromatic carbocycles. The van der Waals surface area contributed by atoms with Crippen LogP contribution < -0.4 is 10.5 Å². The van der Waals surface area contributed by atoms with Crippen LogP contribution in [0.5, 0.6) is 0 Å². The smallest absolute Gasteiger partial charge is 0.248 e. The molecule has 0 saturated carbocycles. The Bertz CT molecular complexity index is 1210. The fourth-order valence-electron chi connectivity index (χ4n) is 2.69. The molecule has 0 unspecified atom stereocenters. The number of halogens is 1. The number of benzene rings is 2. The molecule has 1 amide bonds. The first kappa shape index (κ1) is 21.3. The van der Waals surface area contributed by atoms with Gasteiger partial charge in [-0.3, -0.25) is 4.79 Å². The standard InChI is InChI=1S/C21H19ClN2O3S2/c1-13-10-18(29(23,26)27)12-19(14(13)2)24-21(25)9-7-17-6-8-20(28-17)15-4-3-5-16(22)11-15/h3-12H,1-2H3,(H,24,25)(H2,23,26,27)/b9-7+. The van der Waals surface area contributed by atoms with E-state index in [1.807, 2.05) is 36.4 Å². The summed E-state index contributed by atoms with van der Waals surface area (Å²) in [5, 5.41) is 8.60. The Labute approximate surface area is 178 Å². The van der Waals surface area contributed by atoms with E-state index in [9.17, 15) is 13.2 Å². The van der Waals surface area contributed by atoms with Gasteiger partial charge in [-0.25, -0.2) is 13.6 Å². The average Bonchev–Trinajstić information content (AvgIpc) is 3.12. The van der Waals surface area contributed by atoms with Gasteiger partial charge in [-0.05, 0) is 73.0 Å². The van der Waals surface area contributed by atoms with E-state index in [1.165, 1.54) is 29.5 Å². The number of hydrogen-bond donors (Lipinski definition) is 2. The summed E-state index contributed by atoms with van der Waals surface area (Å²) < 4.78 is 23.3. The van der Waals surface area contributed by atoms with E-state index >= 15 is 0 Å². The largest absolute Gasteiger partial charge is 0.322 e. The van der Waals surface area contributed by atoms with Crippen LogP contribution in [0.15, 0.2) is 59.5 Å². The molecule has 0 aliphatic heterocycles. The van der Waals surface area contributed by atoms with Gasteiger partial charge in [0.2, 0.25) is 15.9 Å². The summed E-state index contributed by atoms with van der Waals surface area (Å²) in [6.07, 6.45) is 3.12. The molecule has 29 heavy (non-hydrogen) atoms. The highest BCUT2D eigenvalue weighted by Gasteiger charge is 2.13. The van der Waals surface area contributed by atoms with Gasteiger partial charge in [-0.1, -0.05) is 23.7 Å². The van der Waals surface area contributed by atoms with E-state index in [4.69, 9.17) is 16.7 Å². The third kappa shape index (κ3) is 5.33. The average molecular weight is 447 g/mol. The molecule has 0 spiro atoms. The third-order valence-corrected chi connectivity index (χ3v) is 6.59. The predicted molar refractivity (Wildman–Crippen MR) is 120 cm³/mol. The van der Waals surface area contributed by atoms with Crippen LogP contribution >= 0.6 is 22.9 Å². The van der Waals surface area contributed by atoms with Crippen LogP contribution in [0.25, 0.3) is 16.5 Å². The number of carbonyl (C=O) groups excluding carboxylic acids is 1. The second kappa shape index (κ2) is 8.51. The van der Waals surface area contributed by atoms with E-state index in [1.54, 1.807) is 19.9 Å². The van der Waals surface area contributed by atoms with Gasteiger partial charge in [-0.2, -0.15) is 0 Å². The number of carbonyl (C=O) groups is 1. The van der Waals surface area contributed by atoms with E-state index in [-0.39, 0.29) is 10.8 Å². The lowest BCUT2D eigenvalue weighted by Gasteiger charge is -2.11. The van der Waals surface area contributed by atoms with E-state index in [2.05, 4.69) is 5.32 Å². The topological polar surface area (TPSA) is 89.3 Å². The maximum atomic E-state index is 12.3. The minimum atomic E-state index is -3.86. The number of nitrogens with two attached hydrogens (primary N) is 1. The van der Waals surface area contributed by atoms with Crippen molar-refractivity contribution in [1.29, 1.82) is 0 Å². The molecule has 0 radical (unpaired) electrons. The van der Waals surface area contributed by atoms with Crippen molar-refractivity contribution in [3.8, 4) is 10.4 Å². The van der Waals surface area contributed by atoms with Gasteiger partial charge >= 0.3 is 0 Å². The van der Waals surface area contributed by atoms with E-state index < -0.39 is 10.0 Å². The zero-order valence-electron chi connectivity index (χ0n) is 15.8. The van der Waals surface area contributed by atoms with Crippen molar-refractivity contribution < 1.29 is 13.2 Å². The Morgan fingerprint density at radius 1 is 1.14 bits per heavy atom. The summed E-state index contributed by atoms with van der Waals surface area (Å²) in [4.78, 5) is 14.2. The number of primary sulfonamides is 1. The molecule has 5 nitrogen and oxygen atoms in total. The zero-order chi connectivity index (χ0) is 21.2. The number of thiophene rings is 1. The molecule has 0 aliphatic rings. The number of sulfonamides is 1. The van der Waals surface area contributed by atoms with Crippen molar-refractivity contribution in [3.05, 3.63) is 75.6 Å². The molecular formula is C21H19ClN2O3S2. The van der Waals surface area contributed by atoms with Crippen molar-refractivity contribution in [2.24, 2.45) is 5.14 Å². The lowest BCUT2D eigenvalue weighted by molar-refractivity contribution is -0.111. The lowest BCUT2D eigenvalue weighted by atomic mass is 10.1. The Morgan fingerprint density at radius 3 is 2.59 bits per heavy atom.